The van der Waals surface area contributed by atoms with Gasteiger partial charge in [-0.3, -0.25) is 14.3 Å². The van der Waals surface area contributed by atoms with E-state index in [9.17, 15) is 4.79 Å². The topological polar surface area (TPSA) is 73.8 Å². The molecule has 0 fully saturated rings. The molecule has 0 aliphatic heterocycles. The molecule has 0 N–H and O–H groups in total. The van der Waals surface area contributed by atoms with E-state index in [4.69, 9.17) is 4.52 Å². The van der Waals surface area contributed by atoms with Gasteiger partial charge in [-0.15, -0.1) is 0 Å². The van der Waals surface area contributed by atoms with Crippen LogP contribution in [0.4, 0.5) is 0 Å². The maximum atomic E-state index is 13.2. The van der Waals surface area contributed by atoms with Crippen molar-refractivity contribution in [3.05, 3.63) is 94.7 Å². The average molecular weight is 394 g/mol. The fourth-order valence-electron chi connectivity index (χ4n) is 3.47. The van der Waals surface area contributed by atoms with Gasteiger partial charge in [0.25, 0.3) is 11.4 Å². The van der Waals surface area contributed by atoms with Gasteiger partial charge in [-0.05, 0) is 55.3 Å². The summed E-state index contributed by atoms with van der Waals surface area (Å²) in [5.74, 6) is 0.800. The highest BCUT2D eigenvalue weighted by atomic mass is 16.5. The van der Waals surface area contributed by atoms with Crippen LogP contribution in [0.5, 0.6) is 0 Å². The summed E-state index contributed by atoms with van der Waals surface area (Å²) in [5.41, 5.74) is 4.45. The number of aromatic nitrogens is 4. The first-order valence-electron chi connectivity index (χ1n) is 9.58. The van der Waals surface area contributed by atoms with E-state index in [1.54, 1.807) is 23.2 Å². The molecule has 2 aromatic carbocycles. The van der Waals surface area contributed by atoms with Crippen molar-refractivity contribution in [2.24, 2.45) is 0 Å². The lowest BCUT2D eigenvalue weighted by atomic mass is 10.1. The van der Waals surface area contributed by atoms with E-state index >= 15 is 0 Å². The maximum absolute atomic E-state index is 13.2. The van der Waals surface area contributed by atoms with Gasteiger partial charge in [-0.25, -0.2) is 0 Å². The van der Waals surface area contributed by atoms with E-state index in [-0.39, 0.29) is 5.56 Å². The third kappa shape index (κ3) is 2.99. The third-order valence-corrected chi connectivity index (χ3v) is 5.27. The van der Waals surface area contributed by atoms with Crippen LogP contribution in [0.1, 0.15) is 11.1 Å². The monoisotopic (exact) mass is 394 g/mol. The summed E-state index contributed by atoms with van der Waals surface area (Å²) >= 11 is 0. The lowest BCUT2D eigenvalue weighted by molar-refractivity contribution is 0.432. The molecule has 0 radical (unpaired) electrons. The molecule has 0 saturated carbocycles. The van der Waals surface area contributed by atoms with Gasteiger partial charge in [0.05, 0.1) is 5.56 Å². The first-order valence-corrected chi connectivity index (χ1v) is 9.58. The molecule has 0 spiro atoms. The molecule has 6 heteroatoms. The minimum Gasteiger partial charge on any atom is -0.334 e. The molecule has 30 heavy (non-hydrogen) atoms. The quantitative estimate of drug-likeness (QED) is 0.443. The van der Waals surface area contributed by atoms with Crippen molar-refractivity contribution in [1.29, 1.82) is 0 Å². The molecule has 0 amide bonds. The number of nitrogens with zero attached hydrogens (tertiary/aromatic N) is 4. The number of benzene rings is 2. The fraction of sp³-hybridized carbons (Fsp3) is 0.0833. The normalized spacial score (nSPS) is 11.1. The van der Waals surface area contributed by atoms with Crippen molar-refractivity contribution < 1.29 is 4.52 Å². The molecule has 5 rings (SSSR count). The Labute approximate surface area is 172 Å². The highest BCUT2D eigenvalue weighted by Crippen LogP contribution is 2.28. The van der Waals surface area contributed by atoms with Crippen molar-refractivity contribution in [3.63, 3.8) is 0 Å². The molecular weight excluding hydrogens is 376 g/mol. The minimum atomic E-state index is -0.0930. The van der Waals surface area contributed by atoms with E-state index in [1.807, 2.05) is 68.4 Å². The number of fused-ring (bicyclic) bond motifs is 1. The smallest absolute Gasteiger partial charge is 0.262 e. The Balaban J connectivity index is 1.74. The van der Waals surface area contributed by atoms with Crippen molar-refractivity contribution >= 4 is 10.8 Å². The average Bonchev–Trinajstić information content (AvgIpc) is 3.27. The van der Waals surface area contributed by atoms with Crippen LogP contribution in [0.2, 0.25) is 0 Å². The Hall–Kier alpha value is -4.06. The van der Waals surface area contributed by atoms with Crippen LogP contribution in [0.3, 0.4) is 0 Å². The Bertz CT molecular complexity index is 1440. The molecule has 0 aliphatic rings. The predicted molar refractivity (Wildman–Crippen MR) is 116 cm³/mol. The summed E-state index contributed by atoms with van der Waals surface area (Å²) in [4.78, 5) is 21.9. The zero-order valence-electron chi connectivity index (χ0n) is 16.5. The van der Waals surface area contributed by atoms with Crippen molar-refractivity contribution in [1.82, 2.24) is 19.7 Å². The molecule has 0 bridgehead atoms. The van der Waals surface area contributed by atoms with Crippen LogP contribution >= 0.6 is 0 Å². The third-order valence-electron chi connectivity index (χ3n) is 5.27. The Morgan fingerprint density at radius 1 is 0.933 bits per heavy atom. The standard InChI is InChI=1S/C24H18N4O2/c1-15-9-10-18(12-16(15)2)28-14-21(19-7-3-4-8-20(19)24(28)29)23-26-22(27-30-23)17-6-5-11-25-13-17/h3-14H,1-2H3. The fourth-order valence-corrected chi connectivity index (χ4v) is 3.47. The van der Waals surface area contributed by atoms with Crippen molar-refractivity contribution in [2.45, 2.75) is 13.8 Å². The zero-order valence-corrected chi connectivity index (χ0v) is 16.5. The summed E-state index contributed by atoms with van der Waals surface area (Å²) < 4.78 is 7.22. The number of hydrogen-bond acceptors (Lipinski definition) is 5. The maximum Gasteiger partial charge on any atom is 0.262 e. The van der Waals surface area contributed by atoms with Crippen LogP contribution < -0.4 is 5.56 Å². The summed E-state index contributed by atoms with van der Waals surface area (Å²) in [6.45, 7) is 4.08. The second kappa shape index (κ2) is 7.08. The van der Waals surface area contributed by atoms with Gasteiger partial charge in [0.1, 0.15) is 0 Å². The van der Waals surface area contributed by atoms with E-state index in [2.05, 4.69) is 15.1 Å². The molecule has 3 heterocycles. The lowest BCUT2D eigenvalue weighted by Gasteiger charge is -2.12. The van der Waals surface area contributed by atoms with E-state index in [1.165, 1.54) is 5.56 Å². The molecule has 0 aliphatic carbocycles. The molecule has 5 aromatic rings. The lowest BCUT2D eigenvalue weighted by Crippen LogP contribution is -2.18. The van der Waals surface area contributed by atoms with E-state index in [0.29, 0.717) is 22.7 Å². The molecule has 0 unspecified atom stereocenters. The highest BCUT2D eigenvalue weighted by Gasteiger charge is 2.17. The summed E-state index contributed by atoms with van der Waals surface area (Å²) in [5, 5.41) is 5.47. The van der Waals surface area contributed by atoms with Crippen LogP contribution in [-0.2, 0) is 0 Å². The van der Waals surface area contributed by atoms with Crippen LogP contribution in [0.25, 0.3) is 39.3 Å². The molecule has 146 valence electrons. The largest absolute Gasteiger partial charge is 0.334 e. The molecule has 0 saturated heterocycles. The molecule has 0 atom stereocenters. The summed E-state index contributed by atoms with van der Waals surface area (Å²) in [6.07, 6.45) is 5.15. The Kier molecular flexibility index (Phi) is 4.25. The minimum absolute atomic E-state index is 0.0930. The number of aryl methyl sites for hydroxylation is 2. The highest BCUT2D eigenvalue weighted by molar-refractivity contribution is 5.94. The Morgan fingerprint density at radius 3 is 2.53 bits per heavy atom. The molecule has 6 nitrogen and oxygen atoms in total. The molecular formula is C24H18N4O2. The number of hydrogen-bond donors (Lipinski definition) is 0. The van der Waals surface area contributed by atoms with E-state index < -0.39 is 0 Å². The second-order valence-corrected chi connectivity index (χ2v) is 7.20. The Morgan fingerprint density at radius 2 is 1.77 bits per heavy atom. The SMILES string of the molecule is Cc1ccc(-n2cc(-c3nc(-c4cccnc4)no3)c3ccccc3c2=O)cc1C. The first kappa shape index (κ1) is 18.0. The zero-order chi connectivity index (χ0) is 20.7. The van der Waals surface area contributed by atoms with Crippen LogP contribution in [0.15, 0.2) is 82.5 Å². The van der Waals surface area contributed by atoms with Gasteiger partial charge in [0.15, 0.2) is 0 Å². The van der Waals surface area contributed by atoms with Crippen LogP contribution in [-0.4, -0.2) is 19.7 Å². The van der Waals surface area contributed by atoms with Crippen LogP contribution in [0, 0.1) is 13.8 Å². The van der Waals surface area contributed by atoms with Gasteiger partial charge in [-0.2, -0.15) is 4.98 Å². The van der Waals surface area contributed by atoms with Gasteiger partial charge < -0.3 is 4.52 Å². The molecule has 3 aromatic heterocycles. The number of rotatable bonds is 3. The van der Waals surface area contributed by atoms with E-state index in [0.717, 1.165) is 22.2 Å². The predicted octanol–water partition coefficient (Wildman–Crippen LogP) is 4.72. The van der Waals surface area contributed by atoms with Gasteiger partial charge >= 0.3 is 0 Å². The van der Waals surface area contributed by atoms with Gasteiger partial charge in [-0.1, -0.05) is 29.4 Å². The van der Waals surface area contributed by atoms with Crippen molar-refractivity contribution in [3.8, 4) is 28.5 Å². The van der Waals surface area contributed by atoms with Gasteiger partial charge in [0, 0.05) is 40.6 Å². The number of pyridine rings is 2. The summed E-state index contributed by atoms with van der Waals surface area (Å²) in [6, 6.07) is 17.1. The second-order valence-electron chi connectivity index (χ2n) is 7.20. The first-order chi connectivity index (χ1) is 14.6. The van der Waals surface area contributed by atoms with Crippen molar-refractivity contribution in [2.75, 3.05) is 0 Å². The van der Waals surface area contributed by atoms with Gasteiger partial charge in [0.2, 0.25) is 5.82 Å². The summed E-state index contributed by atoms with van der Waals surface area (Å²) in [7, 11) is 0.